The summed E-state index contributed by atoms with van der Waals surface area (Å²) in [6.45, 7) is 5.08. The number of morpholine rings is 1. The second-order valence-corrected chi connectivity index (χ2v) is 7.79. The minimum Gasteiger partial charge on any atom is -0.374 e. The van der Waals surface area contributed by atoms with E-state index in [2.05, 4.69) is 15.3 Å². The molecular formula is C14H22N4O4S. The monoisotopic (exact) mass is 342 g/mol. The van der Waals surface area contributed by atoms with E-state index in [1.54, 1.807) is 0 Å². The van der Waals surface area contributed by atoms with Gasteiger partial charge in [-0.05, 0) is 0 Å². The number of rotatable bonds is 5. The number of carbonyl (C=O) groups is 1. The van der Waals surface area contributed by atoms with Crippen LogP contribution >= 0.6 is 0 Å². The van der Waals surface area contributed by atoms with Crippen molar-refractivity contribution < 1.29 is 17.9 Å². The van der Waals surface area contributed by atoms with E-state index < -0.39 is 10.0 Å². The molecule has 0 aromatic carbocycles. The molecule has 2 rings (SSSR count). The second-order valence-electron chi connectivity index (χ2n) is 5.81. The number of aromatic nitrogens is 2. The molecule has 1 aromatic rings. The third-order valence-electron chi connectivity index (χ3n) is 3.51. The zero-order valence-electron chi connectivity index (χ0n) is 13.5. The summed E-state index contributed by atoms with van der Waals surface area (Å²) in [6.07, 6.45) is 3.78. The lowest BCUT2D eigenvalue weighted by atomic mass is 10.2. The molecule has 0 unspecified atom stereocenters. The molecule has 0 saturated carbocycles. The molecule has 1 atom stereocenters. The Labute approximate surface area is 136 Å². The highest BCUT2D eigenvalue weighted by molar-refractivity contribution is 7.88. The molecule has 1 N–H and O–H groups in total. The van der Waals surface area contributed by atoms with Gasteiger partial charge in [-0.2, -0.15) is 4.31 Å². The maximum Gasteiger partial charge on any atom is 0.254 e. The van der Waals surface area contributed by atoms with Crippen LogP contribution in [0.1, 0.15) is 35.9 Å². The Hall–Kier alpha value is -1.58. The molecule has 1 aromatic heterocycles. The van der Waals surface area contributed by atoms with Crippen molar-refractivity contribution in [2.45, 2.75) is 25.9 Å². The summed E-state index contributed by atoms with van der Waals surface area (Å²) in [4.78, 5) is 20.4. The maximum absolute atomic E-state index is 12.1. The minimum absolute atomic E-state index is 0.199. The van der Waals surface area contributed by atoms with Gasteiger partial charge in [0.05, 0.1) is 24.5 Å². The predicted octanol–water partition coefficient (Wildman–Crippen LogP) is -0.00980. The van der Waals surface area contributed by atoms with Gasteiger partial charge in [-0.3, -0.25) is 4.79 Å². The quantitative estimate of drug-likeness (QED) is 0.807. The first-order valence-corrected chi connectivity index (χ1v) is 9.29. The Morgan fingerprint density at radius 1 is 1.43 bits per heavy atom. The van der Waals surface area contributed by atoms with E-state index in [1.807, 2.05) is 13.8 Å². The van der Waals surface area contributed by atoms with Crippen LogP contribution in [0.25, 0.3) is 0 Å². The third kappa shape index (κ3) is 4.95. The Kier molecular flexibility index (Phi) is 5.66. The minimum atomic E-state index is -3.24. The number of sulfonamides is 1. The summed E-state index contributed by atoms with van der Waals surface area (Å²) in [5.41, 5.74) is 0.366. The summed E-state index contributed by atoms with van der Waals surface area (Å²) in [5.74, 6) is 0.575. The molecule has 9 heteroatoms. The summed E-state index contributed by atoms with van der Waals surface area (Å²) < 4.78 is 29.9. The molecule has 2 heterocycles. The molecule has 0 aliphatic carbocycles. The fraction of sp³-hybridized carbons (Fsp3) is 0.643. The second kappa shape index (κ2) is 7.33. The highest BCUT2D eigenvalue weighted by atomic mass is 32.2. The molecule has 1 fully saturated rings. The molecule has 8 nitrogen and oxygen atoms in total. The van der Waals surface area contributed by atoms with Crippen molar-refractivity contribution in [3.8, 4) is 0 Å². The van der Waals surface area contributed by atoms with Crippen molar-refractivity contribution in [3.05, 3.63) is 23.8 Å². The summed E-state index contributed by atoms with van der Waals surface area (Å²) in [6, 6.07) is 0. The van der Waals surface area contributed by atoms with Gasteiger partial charge in [0.25, 0.3) is 5.91 Å². The van der Waals surface area contributed by atoms with Crippen LogP contribution in [-0.4, -0.2) is 67.2 Å². The van der Waals surface area contributed by atoms with Gasteiger partial charge in [-0.15, -0.1) is 0 Å². The van der Waals surface area contributed by atoms with Crippen molar-refractivity contribution in [2.75, 3.05) is 32.5 Å². The first-order valence-electron chi connectivity index (χ1n) is 7.44. The molecular weight excluding hydrogens is 320 g/mol. The van der Waals surface area contributed by atoms with Gasteiger partial charge in [-0.25, -0.2) is 18.4 Å². The van der Waals surface area contributed by atoms with Gasteiger partial charge in [0.1, 0.15) is 5.82 Å². The van der Waals surface area contributed by atoms with Crippen LogP contribution in [-0.2, 0) is 14.8 Å². The normalized spacial score (nSPS) is 19.7. The molecule has 128 valence electrons. The topological polar surface area (TPSA) is 101 Å². The van der Waals surface area contributed by atoms with Crippen molar-refractivity contribution >= 4 is 15.9 Å². The third-order valence-corrected chi connectivity index (χ3v) is 4.78. The van der Waals surface area contributed by atoms with E-state index in [-0.39, 0.29) is 31.0 Å². The summed E-state index contributed by atoms with van der Waals surface area (Å²) >= 11 is 0. The number of ether oxygens (including phenoxy) is 1. The number of nitrogens with zero attached hydrogens (tertiary/aromatic N) is 3. The van der Waals surface area contributed by atoms with Crippen molar-refractivity contribution in [1.82, 2.24) is 19.6 Å². The highest BCUT2D eigenvalue weighted by Crippen LogP contribution is 2.09. The van der Waals surface area contributed by atoms with E-state index in [9.17, 15) is 13.2 Å². The van der Waals surface area contributed by atoms with Crippen molar-refractivity contribution in [1.29, 1.82) is 0 Å². The van der Waals surface area contributed by atoms with Gasteiger partial charge in [0, 0.05) is 37.9 Å². The van der Waals surface area contributed by atoms with Crippen molar-refractivity contribution in [3.63, 3.8) is 0 Å². The van der Waals surface area contributed by atoms with E-state index in [4.69, 9.17) is 4.74 Å². The fourth-order valence-electron chi connectivity index (χ4n) is 2.18. The molecule has 1 amide bonds. The van der Waals surface area contributed by atoms with Crippen molar-refractivity contribution in [2.24, 2.45) is 0 Å². The van der Waals surface area contributed by atoms with Gasteiger partial charge in [0.2, 0.25) is 10.0 Å². The molecule has 0 radical (unpaired) electrons. The number of hydrogen-bond acceptors (Lipinski definition) is 6. The maximum atomic E-state index is 12.1. The number of amides is 1. The van der Waals surface area contributed by atoms with Crippen LogP contribution in [0.5, 0.6) is 0 Å². The number of carbonyl (C=O) groups excluding carboxylic acids is 1. The van der Waals surface area contributed by atoms with E-state index in [0.717, 1.165) is 0 Å². The number of nitrogens with one attached hydrogen (secondary N) is 1. The zero-order valence-corrected chi connectivity index (χ0v) is 14.3. The van der Waals surface area contributed by atoms with Crippen LogP contribution in [0.2, 0.25) is 0 Å². The molecule has 1 aliphatic heterocycles. The standard InChI is InChI=1S/C14H22N4O4S/c1-10(2)13-15-6-11(7-16-13)14(19)17-8-12-9-18(4-5-22-12)23(3,20)21/h6-7,10,12H,4-5,8-9H2,1-3H3,(H,17,19)/t12-/m1/s1. The lowest BCUT2D eigenvalue weighted by molar-refractivity contribution is 0.000434. The smallest absolute Gasteiger partial charge is 0.254 e. The zero-order chi connectivity index (χ0) is 17.0. The molecule has 0 bridgehead atoms. The highest BCUT2D eigenvalue weighted by Gasteiger charge is 2.26. The Bertz CT molecular complexity index is 645. The van der Waals surface area contributed by atoms with Gasteiger partial charge >= 0.3 is 0 Å². The summed E-state index contributed by atoms with van der Waals surface area (Å²) in [5, 5.41) is 2.72. The van der Waals surface area contributed by atoms with E-state index in [0.29, 0.717) is 24.5 Å². The van der Waals surface area contributed by atoms with Gasteiger partial charge in [0.15, 0.2) is 0 Å². The van der Waals surface area contributed by atoms with Crippen LogP contribution in [0.3, 0.4) is 0 Å². The Morgan fingerprint density at radius 3 is 2.65 bits per heavy atom. The van der Waals surface area contributed by atoms with Crippen LogP contribution in [0.15, 0.2) is 12.4 Å². The predicted molar refractivity (Wildman–Crippen MR) is 84.6 cm³/mol. The SMILES string of the molecule is CC(C)c1ncc(C(=O)NC[C@@H]2CN(S(C)(=O)=O)CCO2)cn1. The van der Waals surface area contributed by atoms with E-state index >= 15 is 0 Å². The van der Waals surface area contributed by atoms with Gasteiger partial charge in [-0.1, -0.05) is 13.8 Å². The first-order chi connectivity index (χ1) is 10.8. The Balaban J connectivity index is 1.89. The lowest BCUT2D eigenvalue weighted by Gasteiger charge is -2.31. The fourth-order valence-corrected chi connectivity index (χ4v) is 3.02. The molecule has 0 spiro atoms. The Morgan fingerprint density at radius 2 is 2.09 bits per heavy atom. The van der Waals surface area contributed by atoms with E-state index in [1.165, 1.54) is 23.0 Å². The average Bonchev–Trinajstić information content (AvgIpc) is 2.52. The average molecular weight is 342 g/mol. The van der Waals surface area contributed by atoms with Crippen LogP contribution in [0, 0.1) is 0 Å². The van der Waals surface area contributed by atoms with Gasteiger partial charge < -0.3 is 10.1 Å². The first kappa shape index (κ1) is 17.8. The number of hydrogen-bond donors (Lipinski definition) is 1. The summed E-state index contributed by atoms with van der Waals surface area (Å²) in [7, 11) is -3.24. The van der Waals surface area contributed by atoms with Crippen LogP contribution in [0.4, 0.5) is 0 Å². The molecule has 1 saturated heterocycles. The van der Waals surface area contributed by atoms with Crippen LogP contribution < -0.4 is 5.32 Å². The largest absolute Gasteiger partial charge is 0.374 e. The lowest BCUT2D eigenvalue weighted by Crippen LogP contribution is -2.49. The molecule has 23 heavy (non-hydrogen) atoms. The molecule has 1 aliphatic rings.